The molecule has 0 spiro atoms. The zero-order chi connectivity index (χ0) is 39.9. The third-order valence-electron chi connectivity index (χ3n) is 12.2. The highest BCUT2D eigenvalue weighted by Gasteiger charge is 2.25. The van der Waals surface area contributed by atoms with Gasteiger partial charge in [-0.15, -0.1) is 0 Å². The first-order chi connectivity index (χ1) is 29.7. The lowest BCUT2D eigenvalue weighted by molar-refractivity contribution is 0.943. The Morgan fingerprint density at radius 1 is 0.467 bits per heavy atom. The van der Waals surface area contributed by atoms with E-state index in [-0.39, 0.29) is 0 Å². The smallest absolute Gasteiger partial charge is 0.221 e. The second kappa shape index (κ2) is 13.3. The lowest BCUT2D eigenvalue weighted by atomic mass is 10.0. The summed E-state index contributed by atoms with van der Waals surface area (Å²) in [7, 11) is 0. The van der Waals surface area contributed by atoms with E-state index in [1.807, 2.05) is 18.2 Å². The van der Waals surface area contributed by atoms with Crippen LogP contribution in [0.5, 0.6) is 0 Å². The van der Waals surface area contributed by atoms with Crippen LogP contribution in [0.2, 0.25) is 0 Å². The Bertz CT molecular complexity index is 3640. The van der Waals surface area contributed by atoms with Crippen molar-refractivity contribution >= 4 is 77.1 Å². The van der Waals surface area contributed by atoms with Crippen LogP contribution >= 0.6 is 0 Å². The molecule has 5 nitrogen and oxygen atoms in total. The molecule has 4 aromatic heterocycles. The number of allylic oxidation sites excluding steroid dienone is 2. The molecule has 282 valence electrons. The van der Waals surface area contributed by atoms with Gasteiger partial charge in [0.15, 0.2) is 0 Å². The molecule has 8 aromatic carbocycles. The van der Waals surface area contributed by atoms with Crippen LogP contribution in [0.15, 0.2) is 195 Å². The number of rotatable bonds is 6. The fraction of sp³-hybridized carbons (Fsp3) is 0.0182. The summed E-state index contributed by atoms with van der Waals surface area (Å²) in [5.41, 5.74) is 15.2. The fourth-order valence-corrected chi connectivity index (χ4v) is 9.43. The van der Waals surface area contributed by atoms with Crippen LogP contribution in [0.3, 0.4) is 0 Å². The Kier molecular flexibility index (Phi) is 7.53. The van der Waals surface area contributed by atoms with E-state index in [4.69, 9.17) is 9.97 Å². The molecule has 0 fully saturated rings. The number of imidazole rings is 1. The van der Waals surface area contributed by atoms with Gasteiger partial charge in [-0.1, -0.05) is 140 Å². The van der Waals surface area contributed by atoms with E-state index in [9.17, 15) is 0 Å². The van der Waals surface area contributed by atoms with Crippen LogP contribution in [0.25, 0.3) is 111 Å². The van der Waals surface area contributed by atoms with Crippen molar-refractivity contribution in [3.05, 3.63) is 206 Å². The lowest BCUT2D eigenvalue weighted by Crippen LogP contribution is -2.08. The minimum atomic E-state index is 0.788. The number of benzene rings is 8. The van der Waals surface area contributed by atoms with Crippen LogP contribution in [0, 0.1) is 6.92 Å². The van der Waals surface area contributed by atoms with Gasteiger partial charge in [-0.3, -0.25) is 8.97 Å². The van der Waals surface area contributed by atoms with Crippen molar-refractivity contribution in [1.82, 2.24) is 23.5 Å². The molecule has 0 saturated heterocycles. The van der Waals surface area contributed by atoms with E-state index < -0.39 is 0 Å². The third kappa shape index (κ3) is 4.99. The van der Waals surface area contributed by atoms with Crippen molar-refractivity contribution in [2.24, 2.45) is 0 Å². The fourth-order valence-electron chi connectivity index (χ4n) is 9.43. The molecular weight excluding hydrogens is 731 g/mol. The molecule has 0 N–H and O–H groups in total. The maximum absolute atomic E-state index is 5.48. The van der Waals surface area contributed by atoms with Crippen LogP contribution in [-0.4, -0.2) is 23.5 Å². The van der Waals surface area contributed by atoms with E-state index >= 15 is 0 Å². The zero-order valence-corrected chi connectivity index (χ0v) is 32.9. The molecular formula is C55H37N5. The second-order valence-electron chi connectivity index (χ2n) is 15.5. The molecule has 4 heterocycles. The molecule has 0 radical (unpaired) electrons. The predicted octanol–water partition coefficient (Wildman–Crippen LogP) is 14.1. The zero-order valence-electron chi connectivity index (χ0n) is 32.9. The minimum absolute atomic E-state index is 0.788. The van der Waals surface area contributed by atoms with Gasteiger partial charge in [-0.05, 0) is 95.4 Å². The summed E-state index contributed by atoms with van der Waals surface area (Å²) in [6.07, 6.45) is 6.02. The number of fused-ring (bicyclic) bond motifs is 11. The number of hydrogen-bond donors (Lipinski definition) is 0. The van der Waals surface area contributed by atoms with Crippen molar-refractivity contribution in [1.29, 1.82) is 0 Å². The maximum atomic E-state index is 5.48. The highest BCUT2D eigenvalue weighted by molar-refractivity contribution is 6.17. The van der Waals surface area contributed by atoms with Crippen LogP contribution < -0.4 is 0 Å². The summed E-state index contributed by atoms with van der Waals surface area (Å²) in [6.45, 7) is 6.29. The van der Waals surface area contributed by atoms with E-state index in [0.29, 0.717) is 0 Å². The monoisotopic (exact) mass is 767 g/mol. The Morgan fingerprint density at radius 3 is 1.72 bits per heavy atom. The van der Waals surface area contributed by atoms with Crippen molar-refractivity contribution in [2.75, 3.05) is 0 Å². The molecule has 0 amide bonds. The van der Waals surface area contributed by atoms with E-state index in [1.54, 1.807) is 0 Å². The standard InChI is InChI=1S/C55H37N5/c1-3-4-26-48-35(2)43-34-52(58-49-30-28-38(36-17-7-5-8-18-36)32-44(49)45-33-39(29-31-50(45)58)37-19-9-6-10-20-37)40-21-11-12-22-41(40)53(43)59(48)55-57-46-24-14-13-23-42(46)54-56-47-25-15-16-27-51(47)60(54)55/h3-34H,1H2,2H3/b26-4-. The molecule has 0 bridgehead atoms. The molecule has 12 aromatic rings. The van der Waals surface area contributed by atoms with Gasteiger partial charge < -0.3 is 4.57 Å². The normalized spacial score (nSPS) is 12.1. The number of nitrogens with zero attached hydrogens (tertiary/aromatic N) is 5. The van der Waals surface area contributed by atoms with Gasteiger partial charge in [-0.2, -0.15) is 0 Å². The quantitative estimate of drug-likeness (QED) is 0.158. The lowest BCUT2D eigenvalue weighted by Gasteiger charge is -2.16. The molecule has 0 atom stereocenters. The summed E-state index contributed by atoms with van der Waals surface area (Å²) in [6, 6.07) is 63.1. The maximum Gasteiger partial charge on any atom is 0.221 e. The predicted molar refractivity (Wildman–Crippen MR) is 252 cm³/mol. The van der Waals surface area contributed by atoms with Gasteiger partial charge in [0.05, 0.1) is 44.5 Å². The Balaban J connectivity index is 1.21. The molecule has 5 heteroatoms. The van der Waals surface area contributed by atoms with Gasteiger partial charge >= 0.3 is 0 Å². The first kappa shape index (κ1) is 34.1. The second-order valence-corrected chi connectivity index (χ2v) is 15.5. The Morgan fingerprint density at radius 2 is 1.05 bits per heavy atom. The van der Waals surface area contributed by atoms with E-state index in [0.717, 1.165) is 83.2 Å². The van der Waals surface area contributed by atoms with Crippen LogP contribution in [0.1, 0.15) is 11.3 Å². The molecule has 12 rings (SSSR count). The Labute approximate surface area is 346 Å². The van der Waals surface area contributed by atoms with Gasteiger partial charge in [-0.25, -0.2) is 9.97 Å². The average molecular weight is 768 g/mol. The first-order valence-electron chi connectivity index (χ1n) is 20.4. The van der Waals surface area contributed by atoms with Gasteiger partial charge in [0.1, 0.15) is 5.65 Å². The van der Waals surface area contributed by atoms with Crippen molar-refractivity contribution < 1.29 is 0 Å². The van der Waals surface area contributed by atoms with Gasteiger partial charge in [0.2, 0.25) is 5.95 Å². The van der Waals surface area contributed by atoms with Gasteiger partial charge in [0.25, 0.3) is 0 Å². The average Bonchev–Trinajstić information content (AvgIpc) is 3.95. The molecule has 0 saturated carbocycles. The Hall–Kier alpha value is -8.02. The molecule has 0 aliphatic heterocycles. The minimum Gasteiger partial charge on any atom is -0.309 e. The number of aryl methyl sites for hydroxylation is 1. The molecule has 60 heavy (non-hydrogen) atoms. The molecule has 0 aliphatic carbocycles. The van der Waals surface area contributed by atoms with Crippen LogP contribution in [0.4, 0.5) is 0 Å². The van der Waals surface area contributed by atoms with E-state index in [1.165, 1.54) is 33.0 Å². The SMILES string of the molecule is C=C/C=C\c1c(C)c2cc(-n3c4ccc(-c5ccccc5)cc4c4cc(-c5ccccc5)ccc43)c3ccccc3c2n1-c1nc2ccccc2c2nc3ccccc3n12. The summed E-state index contributed by atoms with van der Waals surface area (Å²) in [5, 5.41) is 6.87. The summed E-state index contributed by atoms with van der Waals surface area (Å²) < 4.78 is 7.04. The largest absolute Gasteiger partial charge is 0.309 e. The molecule has 0 unspecified atom stereocenters. The highest BCUT2D eigenvalue weighted by Crippen LogP contribution is 2.43. The number of hydrogen-bond acceptors (Lipinski definition) is 2. The third-order valence-corrected chi connectivity index (χ3v) is 12.2. The first-order valence-corrected chi connectivity index (χ1v) is 20.4. The number of aromatic nitrogens is 5. The summed E-state index contributed by atoms with van der Waals surface area (Å²) in [4.78, 5) is 10.7. The molecule has 0 aliphatic rings. The van der Waals surface area contributed by atoms with Crippen molar-refractivity contribution in [2.45, 2.75) is 6.92 Å². The summed E-state index contributed by atoms with van der Waals surface area (Å²) >= 11 is 0. The highest BCUT2D eigenvalue weighted by atomic mass is 15.2. The summed E-state index contributed by atoms with van der Waals surface area (Å²) in [5.74, 6) is 0.788. The van der Waals surface area contributed by atoms with Crippen molar-refractivity contribution in [3.63, 3.8) is 0 Å². The number of para-hydroxylation sites is 3. The van der Waals surface area contributed by atoms with Gasteiger partial charge in [0, 0.05) is 32.3 Å². The van der Waals surface area contributed by atoms with Crippen molar-refractivity contribution in [3.8, 4) is 33.9 Å². The van der Waals surface area contributed by atoms with Crippen LogP contribution in [-0.2, 0) is 0 Å². The van der Waals surface area contributed by atoms with E-state index in [2.05, 4.69) is 203 Å². The topological polar surface area (TPSA) is 40.0 Å².